The Balaban J connectivity index is 1.67. The lowest BCUT2D eigenvalue weighted by atomic mass is 10.2. The minimum absolute atomic E-state index is 0.109. The molecule has 112 valence electrons. The van der Waals surface area contributed by atoms with Gasteiger partial charge < -0.3 is 10.4 Å². The highest BCUT2D eigenvalue weighted by Crippen LogP contribution is 2.34. The third kappa shape index (κ3) is 2.85. The number of benzene rings is 1. The molecule has 0 aliphatic heterocycles. The van der Waals surface area contributed by atoms with Crippen LogP contribution in [0.4, 0.5) is 5.69 Å². The van der Waals surface area contributed by atoms with E-state index in [0.29, 0.717) is 17.1 Å². The number of nitrogens with one attached hydrogen (secondary N) is 1. The Kier molecular flexibility index (Phi) is 3.42. The van der Waals surface area contributed by atoms with Crippen molar-refractivity contribution in [3.05, 3.63) is 46.8 Å². The summed E-state index contributed by atoms with van der Waals surface area (Å²) >= 11 is 0. The van der Waals surface area contributed by atoms with E-state index in [0.717, 1.165) is 0 Å². The van der Waals surface area contributed by atoms with Crippen LogP contribution in [0.15, 0.2) is 36.7 Å². The average molecular weight is 300 g/mol. The van der Waals surface area contributed by atoms with Crippen LogP contribution >= 0.6 is 0 Å². The Bertz CT molecular complexity index is 732. The Morgan fingerprint density at radius 1 is 1.36 bits per heavy atom. The fourth-order valence-corrected chi connectivity index (χ4v) is 2.12. The summed E-state index contributed by atoms with van der Waals surface area (Å²) < 4.78 is 0. The van der Waals surface area contributed by atoms with Gasteiger partial charge in [0.05, 0.1) is 18.1 Å². The fourth-order valence-electron chi connectivity index (χ4n) is 2.12. The van der Waals surface area contributed by atoms with Crippen LogP contribution in [0.25, 0.3) is 11.4 Å². The third-order valence-electron chi connectivity index (χ3n) is 3.39. The highest BCUT2D eigenvalue weighted by Gasteiger charge is 2.53. The zero-order valence-electron chi connectivity index (χ0n) is 11.3. The molecule has 8 heteroatoms. The molecular formula is C14H12N4O4. The van der Waals surface area contributed by atoms with Crippen molar-refractivity contribution in [2.24, 2.45) is 5.92 Å². The summed E-state index contributed by atoms with van der Waals surface area (Å²) in [6.45, 7) is 0. The van der Waals surface area contributed by atoms with E-state index in [2.05, 4.69) is 15.3 Å². The number of nitro groups is 1. The van der Waals surface area contributed by atoms with Crippen molar-refractivity contribution < 1.29 is 14.8 Å². The predicted octanol–water partition coefficient (Wildman–Crippen LogP) is 1.45. The second-order valence-electron chi connectivity index (χ2n) is 5.03. The van der Waals surface area contributed by atoms with Crippen LogP contribution in [-0.4, -0.2) is 31.9 Å². The van der Waals surface area contributed by atoms with E-state index in [1.54, 1.807) is 18.2 Å². The molecular weight excluding hydrogens is 288 g/mol. The molecule has 3 rings (SSSR count). The first-order chi connectivity index (χ1) is 10.5. The van der Waals surface area contributed by atoms with Gasteiger partial charge in [-0.05, 0) is 12.1 Å². The van der Waals surface area contributed by atoms with Crippen LogP contribution in [0.2, 0.25) is 0 Å². The van der Waals surface area contributed by atoms with Crippen molar-refractivity contribution >= 4 is 11.6 Å². The fraction of sp³-hybridized carbons (Fsp3) is 0.214. The maximum absolute atomic E-state index is 11.8. The molecule has 2 atom stereocenters. The monoisotopic (exact) mass is 300 g/mol. The van der Waals surface area contributed by atoms with Gasteiger partial charge in [0.1, 0.15) is 11.7 Å². The number of phenolic OH excluding ortho intramolecular Hbond substituents is 1. The molecule has 1 heterocycles. The van der Waals surface area contributed by atoms with E-state index in [9.17, 15) is 20.0 Å². The lowest BCUT2D eigenvalue weighted by Crippen LogP contribution is -2.18. The molecule has 1 aliphatic carbocycles. The van der Waals surface area contributed by atoms with Crippen LogP contribution in [0, 0.1) is 16.0 Å². The summed E-state index contributed by atoms with van der Waals surface area (Å²) in [4.78, 5) is 30.1. The number of phenols is 1. The standard InChI is InChI=1S/C14H12N4O4/c19-10-3-1-2-8(4-10)13-15-6-9(7-16-13)17-14(20)11-5-12(11)18(21)22/h1-4,6-7,11-12,19H,5H2,(H,17,20)/t11-,12+/m0/s1. The number of aromatic nitrogens is 2. The van der Waals surface area contributed by atoms with E-state index in [1.165, 1.54) is 18.5 Å². The molecule has 1 aromatic carbocycles. The molecule has 2 N–H and O–H groups in total. The third-order valence-corrected chi connectivity index (χ3v) is 3.39. The van der Waals surface area contributed by atoms with E-state index >= 15 is 0 Å². The molecule has 0 bridgehead atoms. The van der Waals surface area contributed by atoms with E-state index in [4.69, 9.17) is 0 Å². The van der Waals surface area contributed by atoms with Gasteiger partial charge in [-0.15, -0.1) is 0 Å². The van der Waals surface area contributed by atoms with Gasteiger partial charge in [0.25, 0.3) is 0 Å². The van der Waals surface area contributed by atoms with Gasteiger partial charge in [-0.2, -0.15) is 0 Å². The maximum atomic E-state index is 11.8. The van der Waals surface area contributed by atoms with E-state index in [1.807, 2.05) is 0 Å². The molecule has 1 aromatic heterocycles. The van der Waals surface area contributed by atoms with Crippen LogP contribution in [-0.2, 0) is 4.79 Å². The van der Waals surface area contributed by atoms with Crippen molar-refractivity contribution in [2.75, 3.05) is 5.32 Å². The van der Waals surface area contributed by atoms with Gasteiger partial charge in [0, 0.05) is 16.9 Å². The number of hydrogen-bond acceptors (Lipinski definition) is 6. The normalized spacial score (nSPS) is 19.5. The molecule has 0 unspecified atom stereocenters. The number of hydrogen-bond donors (Lipinski definition) is 2. The van der Waals surface area contributed by atoms with Gasteiger partial charge in [-0.25, -0.2) is 9.97 Å². The molecule has 22 heavy (non-hydrogen) atoms. The van der Waals surface area contributed by atoms with Crippen molar-refractivity contribution in [1.29, 1.82) is 0 Å². The van der Waals surface area contributed by atoms with Crippen molar-refractivity contribution in [1.82, 2.24) is 9.97 Å². The number of carbonyl (C=O) groups excluding carboxylic acids is 1. The first kappa shape index (κ1) is 13.9. The molecule has 0 saturated heterocycles. The molecule has 1 fully saturated rings. The molecule has 1 saturated carbocycles. The van der Waals surface area contributed by atoms with Crippen LogP contribution in [0.3, 0.4) is 0 Å². The van der Waals surface area contributed by atoms with Crippen LogP contribution in [0.1, 0.15) is 6.42 Å². The zero-order chi connectivity index (χ0) is 15.7. The molecule has 0 spiro atoms. The number of aromatic hydroxyl groups is 1. The number of rotatable bonds is 4. The highest BCUT2D eigenvalue weighted by molar-refractivity contribution is 5.94. The topological polar surface area (TPSA) is 118 Å². The molecule has 1 amide bonds. The Labute approximate surface area is 125 Å². The number of anilines is 1. The molecule has 8 nitrogen and oxygen atoms in total. The minimum atomic E-state index is -0.785. The smallest absolute Gasteiger partial charge is 0.234 e. The number of carbonyl (C=O) groups is 1. The quantitative estimate of drug-likeness (QED) is 0.651. The first-order valence-corrected chi connectivity index (χ1v) is 6.60. The predicted molar refractivity (Wildman–Crippen MR) is 76.7 cm³/mol. The molecule has 1 aliphatic rings. The summed E-state index contributed by atoms with van der Waals surface area (Å²) in [5.74, 6) is -0.460. The lowest BCUT2D eigenvalue weighted by molar-refractivity contribution is -0.497. The van der Waals surface area contributed by atoms with Crippen LogP contribution in [0.5, 0.6) is 5.75 Å². The largest absolute Gasteiger partial charge is 0.508 e. The first-order valence-electron chi connectivity index (χ1n) is 6.60. The summed E-state index contributed by atoms with van der Waals surface area (Å²) in [6, 6.07) is 5.71. The second-order valence-corrected chi connectivity index (χ2v) is 5.03. The van der Waals surface area contributed by atoms with Crippen molar-refractivity contribution in [3.8, 4) is 17.1 Å². The second kappa shape index (κ2) is 5.40. The summed E-state index contributed by atoms with van der Waals surface area (Å²) in [7, 11) is 0. The minimum Gasteiger partial charge on any atom is -0.508 e. The Hall–Kier alpha value is -3.03. The van der Waals surface area contributed by atoms with Gasteiger partial charge in [-0.3, -0.25) is 14.9 Å². The molecule has 0 radical (unpaired) electrons. The average Bonchev–Trinajstić information content (AvgIpc) is 3.29. The van der Waals surface area contributed by atoms with Crippen molar-refractivity contribution in [3.63, 3.8) is 0 Å². The van der Waals surface area contributed by atoms with Crippen LogP contribution < -0.4 is 5.32 Å². The summed E-state index contributed by atoms with van der Waals surface area (Å²) in [5, 5.41) is 22.5. The van der Waals surface area contributed by atoms with E-state index < -0.39 is 22.8 Å². The molecule has 2 aromatic rings. The van der Waals surface area contributed by atoms with Gasteiger partial charge >= 0.3 is 0 Å². The Morgan fingerprint density at radius 2 is 2.09 bits per heavy atom. The van der Waals surface area contributed by atoms with Crippen molar-refractivity contribution in [2.45, 2.75) is 12.5 Å². The maximum Gasteiger partial charge on any atom is 0.234 e. The lowest BCUT2D eigenvalue weighted by Gasteiger charge is -2.04. The SMILES string of the molecule is O=C(Nc1cnc(-c2cccc(O)c2)nc1)[C@H]1C[C@H]1[N+](=O)[O-]. The highest BCUT2D eigenvalue weighted by atomic mass is 16.6. The van der Waals surface area contributed by atoms with Gasteiger partial charge in [-0.1, -0.05) is 12.1 Å². The Morgan fingerprint density at radius 3 is 2.68 bits per heavy atom. The zero-order valence-corrected chi connectivity index (χ0v) is 11.3. The number of nitrogens with zero attached hydrogens (tertiary/aromatic N) is 3. The summed E-state index contributed by atoms with van der Waals surface area (Å²) in [5.41, 5.74) is 1.02. The van der Waals surface area contributed by atoms with Gasteiger partial charge in [0.2, 0.25) is 11.9 Å². The van der Waals surface area contributed by atoms with Gasteiger partial charge in [0.15, 0.2) is 5.82 Å². The number of amides is 1. The van der Waals surface area contributed by atoms with E-state index in [-0.39, 0.29) is 12.2 Å². The summed E-state index contributed by atoms with van der Waals surface area (Å²) in [6.07, 6.45) is 3.11.